The molecule has 3 N–H and O–H groups in total. The summed E-state index contributed by atoms with van der Waals surface area (Å²) in [5, 5.41) is 21.1. The van der Waals surface area contributed by atoms with E-state index in [1.54, 1.807) is 41.3 Å². The van der Waals surface area contributed by atoms with E-state index < -0.39 is 11.9 Å². The molecule has 0 unspecified atom stereocenters. The molecule has 0 saturated heterocycles. The lowest BCUT2D eigenvalue weighted by molar-refractivity contribution is -0.138. The number of carbonyl (C=O) groups is 3. The van der Waals surface area contributed by atoms with Gasteiger partial charge in [-0.3, -0.25) is 19.4 Å². The first-order valence-electron chi connectivity index (χ1n) is 11.9. The number of anilines is 1. The molecule has 0 radical (unpaired) electrons. The van der Waals surface area contributed by atoms with E-state index in [1.807, 2.05) is 42.3 Å². The molecule has 3 aromatic carbocycles. The molecule has 0 atom stereocenters. The van der Waals surface area contributed by atoms with Crippen molar-refractivity contribution >= 4 is 23.5 Å². The smallest absolute Gasteiger partial charge is 0.335 e. The SMILES string of the molecule is CN(CCCN(CC(=O)O)Cc1ccc(C(=O)O)cc1)CC(=O)Nc1ccc(Oc2ccccc2)cc1. The van der Waals surface area contributed by atoms with Crippen LogP contribution in [-0.4, -0.2) is 71.1 Å². The summed E-state index contributed by atoms with van der Waals surface area (Å²) >= 11 is 0. The second-order valence-electron chi connectivity index (χ2n) is 8.69. The number of carboxylic acids is 2. The number of hydrogen-bond donors (Lipinski definition) is 3. The topological polar surface area (TPSA) is 119 Å². The van der Waals surface area contributed by atoms with Crippen LogP contribution in [0.1, 0.15) is 22.3 Å². The standard InChI is InChI=1S/C28H31N3O6/c1-30(16-5-17-31(20-27(33)34)18-21-8-10-22(11-9-21)28(35)36)19-26(32)29-23-12-14-25(15-13-23)37-24-6-3-2-4-7-24/h2-4,6-15H,5,16-20H2,1H3,(H,29,32)(H,33,34)(H,35,36). The largest absolute Gasteiger partial charge is 0.480 e. The molecule has 0 aliphatic carbocycles. The van der Waals surface area contributed by atoms with Gasteiger partial charge in [0.1, 0.15) is 11.5 Å². The predicted molar refractivity (Wildman–Crippen MR) is 140 cm³/mol. The van der Waals surface area contributed by atoms with E-state index in [4.69, 9.17) is 9.84 Å². The van der Waals surface area contributed by atoms with Crippen molar-refractivity contribution in [3.63, 3.8) is 0 Å². The lowest BCUT2D eigenvalue weighted by atomic mass is 10.1. The Bertz CT molecular complexity index is 1170. The predicted octanol–water partition coefficient (Wildman–Crippen LogP) is 4.02. The number of nitrogens with zero attached hydrogens (tertiary/aromatic N) is 2. The molecule has 0 heterocycles. The quantitative estimate of drug-likeness (QED) is 0.301. The normalized spacial score (nSPS) is 10.9. The number of aromatic carboxylic acids is 1. The van der Waals surface area contributed by atoms with E-state index >= 15 is 0 Å². The molecule has 0 fully saturated rings. The van der Waals surface area contributed by atoms with Crippen molar-refractivity contribution in [2.45, 2.75) is 13.0 Å². The first-order chi connectivity index (χ1) is 17.8. The van der Waals surface area contributed by atoms with Crippen molar-refractivity contribution in [2.75, 3.05) is 38.5 Å². The first-order valence-corrected chi connectivity index (χ1v) is 11.9. The second-order valence-corrected chi connectivity index (χ2v) is 8.69. The minimum atomic E-state index is -1.00. The van der Waals surface area contributed by atoms with Gasteiger partial charge in [-0.25, -0.2) is 4.79 Å². The number of nitrogens with one attached hydrogen (secondary N) is 1. The molecule has 3 rings (SSSR count). The van der Waals surface area contributed by atoms with Gasteiger partial charge in [-0.05, 0) is 74.1 Å². The van der Waals surface area contributed by atoms with E-state index in [2.05, 4.69) is 5.32 Å². The van der Waals surface area contributed by atoms with Crippen LogP contribution in [0.2, 0.25) is 0 Å². The molecule has 0 aromatic heterocycles. The van der Waals surface area contributed by atoms with Crippen LogP contribution in [-0.2, 0) is 16.1 Å². The maximum Gasteiger partial charge on any atom is 0.335 e. The van der Waals surface area contributed by atoms with Crippen LogP contribution in [0, 0.1) is 0 Å². The van der Waals surface area contributed by atoms with Gasteiger partial charge in [0.15, 0.2) is 0 Å². The van der Waals surface area contributed by atoms with Crippen LogP contribution in [0.4, 0.5) is 5.69 Å². The van der Waals surface area contributed by atoms with E-state index in [-0.39, 0.29) is 24.6 Å². The Balaban J connectivity index is 1.42. The molecular formula is C28H31N3O6. The van der Waals surface area contributed by atoms with Crippen LogP contribution in [0.5, 0.6) is 11.5 Å². The first kappa shape index (κ1) is 27.4. The third kappa shape index (κ3) is 9.75. The zero-order valence-corrected chi connectivity index (χ0v) is 20.7. The maximum absolute atomic E-state index is 12.4. The van der Waals surface area contributed by atoms with Gasteiger partial charge < -0.3 is 20.3 Å². The highest BCUT2D eigenvalue weighted by molar-refractivity contribution is 5.92. The summed E-state index contributed by atoms with van der Waals surface area (Å²) in [6.45, 7) is 1.57. The fourth-order valence-corrected chi connectivity index (χ4v) is 3.74. The zero-order chi connectivity index (χ0) is 26.6. The number of hydrogen-bond acceptors (Lipinski definition) is 6. The average molecular weight is 506 g/mol. The van der Waals surface area contributed by atoms with Gasteiger partial charge in [-0.2, -0.15) is 0 Å². The summed E-state index contributed by atoms with van der Waals surface area (Å²) in [6, 6.07) is 23.0. The van der Waals surface area contributed by atoms with Gasteiger partial charge >= 0.3 is 11.9 Å². The van der Waals surface area contributed by atoms with Crippen LogP contribution < -0.4 is 10.1 Å². The number of carbonyl (C=O) groups excluding carboxylic acids is 1. The van der Waals surface area contributed by atoms with Gasteiger partial charge in [0.2, 0.25) is 5.91 Å². The highest BCUT2D eigenvalue weighted by Gasteiger charge is 2.13. The molecule has 3 aromatic rings. The summed E-state index contributed by atoms with van der Waals surface area (Å²) in [4.78, 5) is 38.4. The molecule has 37 heavy (non-hydrogen) atoms. The minimum Gasteiger partial charge on any atom is -0.480 e. The Labute approximate surface area is 215 Å². The maximum atomic E-state index is 12.4. The van der Waals surface area contributed by atoms with Gasteiger partial charge in [0.05, 0.1) is 18.7 Å². The number of benzene rings is 3. The van der Waals surface area contributed by atoms with Crippen molar-refractivity contribution < 1.29 is 29.3 Å². The number of para-hydroxylation sites is 1. The highest BCUT2D eigenvalue weighted by Crippen LogP contribution is 2.22. The molecular weight excluding hydrogens is 474 g/mol. The summed E-state index contributed by atoms with van der Waals surface area (Å²) in [7, 11) is 1.84. The van der Waals surface area contributed by atoms with E-state index in [1.165, 1.54) is 12.1 Å². The number of carboxylic acid groups (broad SMARTS) is 2. The molecule has 0 aliphatic rings. The number of amides is 1. The molecule has 0 spiro atoms. The van der Waals surface area contributed by atoms with Crippen molar-refractivity contribution in [2.24, 2.45) is 0 Å². The molecule has 9 heteroatoms. The third-order valence-corrected chi connectivity index (χ3v) is 5.51. The van der Waals surface area contributed by atoms with Gasteiger partial charge in [0, 0.05) is 18.8 Å². The minimum absolute atomic E-state index is 0.130. The van der Waals surface area contributed by atoms with E-state index in [9.17, 15) is 19.5 Å². The number of aliphatic carboxylic acids is 1. The van der Waals surface area contributed by atoms with E-state index in [0.717, 1.165) is 11.3 Å². The van der Waals surface area contributed by atoms with Gasteiger partial charge in [-0.15, -0.1) is 0 Å². The fraction of sp³-hybridized carbons (Fsp3) is 0.250. The second kappa shape index (κ2) is 13.8. The monoisotopic (exact) mass is 505 g/mol. The fourth-order valence-electron chi connectivity index (χ4n) is 3.74. The Kier molecular flexibility index (Phi) is 10.2. The third-order valence-electron chi connectivity index (χ3n) is 5.51. The summed E-state index contributed by atoms with van der Waals surface area (Å²) in [5.74, 6) is -0.686. The highest BCUT2D eigenvalue weighted by atomic mass is 16.5. The lowest BCUT2D eigenvalue weighted by Crippen LogP contribution is -2.34. The molecule has 0 bridgehead atoms. The number of likely N-dealkylation sites (N-methyl/N-ethyl adjacent to an activating group) is 1. The summed E-state index contributed by atoms with van der Waals surface area (Å²) in [5.41, 5.74) is 1.68. The molecule has 0 aliphatic heterocycles. The number of ether oxygens (including phenoxy) is 1. The van der Waals surface area contributed by atoms with Gasteiger partial charge in [0.25, 0.3) is 0 Å². The van der Waals surface area contributed by atoms with Crippen LogP contribution in [0.15, 0.2) is 78.9 Å². The molecule has 1 amide bonds. The van der Waals surface area contributed by atoms with Crippen LogP contribution in [0.3, 0.4) is 0 Å². The van der Waals surface area contributed by atoms with Gasteiger partial charge in [-0.1, -0.05) is 30.3 Å². The Morgan fingerprint density at radius 1 is 0.811 bits per heavy atom. The van der Waals surface area contributed by atoms with Crippen molar-refractivity contribution in [1.29, 1.82) is 0 Å². The van der Waals surface area contributed by atoms with Crippen LogP contribution in [0.25, 0.3) is 0 Å². The van der Waals surface area contributed by atoms with Crippen LogP contribution >= 0.6 is 0 Å². The Hall–Kier alpha value is -4.21. The summed E-state index contributed by atoms with van der Waals surface area (Å²) < 4.78 is 5.76. The zero-order valence-electron chi connectivity index (χ0n) is 20.7. The molecule has 9 nitrogen and oxygen atoms in total. The lowest BCUT2D eigenvalue weighted by Gasteiger charge is -2.22. The Morgan fingerprint density at radius 3 is 2.08 bits per heavy atom. The van der Waals surface area contributed by atoms with Crippen molar-refractivity contribution in [3.05, 3.63) is 90.0 Å². The summed E-state index contributed by atoms with van der Waals surface area (Å²) in [6.07, 6.45) is 0.662. The van der Waals surface area contributed by atoms with Crippen molar-refractivity contribution in [3.8, 4) is 11.5 Å². The molecule has 0 saturated carbocycles. The average Bonchev–Trinajstić information content (AvgIpc) is 2.85. The Morgan fingerprint density at radius 2 is 1.46 bits per heavy atom. The molecule has 194 valence electrons. The van der Waals surface area contributed by atoms with Crippen molar-refractivity contribution in [1.82, 2.24) is 9.80 Å². The van der Waals surface area contributed by atoms with E-state index in [0.29, 0.717) is 37.5 Å². The number of rotatable bonds is 14.